The van der Waals surface area contributed by atoms with E-state index in [1.165, 1.54) is 38.8 Å². The van der Waals surface area contributed by atoms with Crippen molar-refractivity contribution in [2.75, 3.05) is 13.1 Å². The fourth-order valence-corrected chi connectivity index (χ4v) is 3.56. The Kier molecular flexibility index (Phi) is 2.96. The summed E-state index contributed by atoms with van der Waals surface area (Å²) < 4.78 is 0. The van der Waals surface area contributed by atoms with Gasteiger partial charge in [0.15, 0.2) is 0 Å². The second-order valence-corrected chi connectivity index (χ2v) is 5.43. The van der Waals surface area contributed by atoms with E-state index < -0.39 is 0 Å². The van der Waals surface area contributed by atoms with Crippen LogP contribution in [0.1, 0.15) is 37.2 Å². The van der Waals surface area contributed by atoms with Gasteiger partial charge in [-0.2, -0.15) is 0 Å². The summed E-state index contributed by atoms with van der Waals surface area (Å²) in [5, 5.41) is 3.56. The molecule has 3 rings (SSSR count). The molecule has 3 atom stereocenters. The molecule has 86 valence electrons. The molecule has 0 aromatic heterocycles. The molecule has 1 nitrogen and oxygen atoms in total. The minimum Gasteiger partial charge on any atom is -0.316 e. The zero-order chi connectivity index (χ0) is 10.8. The van der Waals surface area contributed by atoms with Crippen LogP contribution in [0, 0.1) is 11.8 Å². The van der Waals surface area contributed by atoms with Crippen LogP contribution in [-0.2, 0) is 0 Å². The molecule has 3 unspecified atom stereocenters. The normalized spacial score (nSPS) is 34.4. The van der Waals surface area contributed by atoms with Gasteiger partial charge in [-0.3, -0.25) is 0 Å². The molecule has 0 spiro atoms. The van der Waals surface area contributed by atoms with Crippen LogP contribution in [0.25, 0.3) is 0 Å². The van der Waals surface area contributed by atoms with Gasteiger partial charge >= 0.3 is 0 Å². The molecule has 1 aliphatic heterocycles. The topological polar surface area (TPSA) is 12.0 Å². The number of nitrogens with one attached hydrogen (secondary N) is 1. The number of benzene rings is 1. The molecule has 0 bridgehead atoms. The predicted molar refractivity (Wildman–Crippen MR) is 67.5 cm³/mol. The number of fused-ring (bicyclic) bond motifs is 1. The van der Waals surface area contributed by atoms with Gasteiger partial charge in [0.05, 0.1) is 0 Å². The van der Waals surface area contributed by atoms with Crippen LogP contribution in [-0.4, -0.2) is 13.1 Å². The first-order valence-electron chi connectivity index (χ1n) is 6.69. The second-order valence-electron chi connectivity index (χ2n) is 5.43. The quantitative estimate of drug-likeness (QED) is 0.758. The van der Waals surface area contributed by atoms with Crippen molar-refractivity contribution in [3.8, 4) is 0 Å². The van der Waals surface area contributed by atoms with Gasteiger partial charge in [0.2, 0.25) is 0 Å². The Morgan fingerprint density at radius 3 is 2.69 bits per heavy atom. The number of rotatable bonds is 1. The maximum atomic E-state index is 3.56. The zero-order valence-electron chi connectivity index (χ0n) is 9.86. The number of hydrogen-bond donors (Lipinski definition) is 1. The molecule has 0 amide bonds. The van der Waals surface area contributed by atoms with Crippen LogP contribution in [0.2, 0.25) is 0 Å². The van der Waals surface area contributed by atoms with E-state index in [0.29, 0.717) is 0 Å². The minimum atomic E-state index is 0.822. The highest BCUT2D eigenvalue weighted by molar-refractivity contribution is 5.20. The summed E-state index contributed by atoms with van der Waals surface area (Å²) >= 11 is 0. The standard InChI is InChI=1S/C15H21N/c1-2-4-12(5-3-1)14-7-6-13-8-9-16-11-15(13)10-14/h1-5,13-16H,6-11H2. The Morgan fingerprint density at radius 2 is 1.81 bits per heavy atom. The van der Waals surface area contributed by atoms with Crippen LogP contribution in [0.5, 0.6) is 0 Å². The van der Waals surface area contributed by atoms with E-state index in [0.717, 1.165) is 17.8 Å². The Morgan fingerprint density at radius 1 is 0.938 bits per heavy atom. The molecule has 1 saturated carbocycles. The summed E-state index contributed by atoms with van der Waals surface area (Å²) in [4.78, 5) is 0. The Balaban J connectivity index is 1.71. The van der Waals surface area contributed by atoms with E-state index >= 15 is 0 Å². The predicted octanol–water partition coefficient (Wildman–Crippen LogP) is 3.18. The van der Waals surface area contributed by atoms with Gasteiger partial charge in [-0.15, -0.1) is 0 Å². The SMILES string of the molecule is c1ccc(C2CCC3CCNCC3C2)cc1. The molecule has 16 heavy (non-hydrogen) atoms. The molecule has 2 aliphatic rings. The van der Waals surface area contributed by atoms with Crippen LogP contribution in [0.3, 0.4) is 0 Å². The fraction of sp³-hybridized carbons (Fsp3) is 0.600. The van der Waals surface area contributed by atoms with E-state index in [-0.39, 0.29) is 0 Å². The van der Waals surface area contributed by atoms with E-state index in [2.05, 4.69) is 35.6 Å². The molecule has 1 saturated heterocycles. The van der Waals surface area contributed by atoms with Gasteiger partial charge in [-0.25, -0.2) is 0 Å². The third-order valence-corrected chi connectivity index (χ3v) is 4.51. The van der Waals surface area contributed by atoms with E-state index in [1.807, 2.05) is 0 Å². The molecule has 1 aromatic rings. The zero-order valence-corrected chi connectivity index (χ0v) is 9.86. The van der Waals surface area contributed by atoms with Gasteiger partial charge in [0.1, 0.15) is 0 Å². The highest BCUT2D eigenvalue weighted by atomic mass is 14.9. The molecule has 2 fully saturated rings. The van der Waals surface area contributed by atoms with Gasteiger partial charge in [-0.1, -0.05) is 30.3 Å². The largest absolute Gasteiger partial charge is 0.316 e. The lowest BCUT2D eigenvalue weighted by molar-refractivity contribution is 0.169. The van der Waals surface area contributed by atoms with E-state index in [4.69, 9.17) is 0 Å². The third kappa shape index (κ3) is 2.01. The molecule has 1 heterocycles. The minimum absolute atomic E-state index is 0.822. The summed E-state index contributed by atoms with van der Waals surface area (Å²) in [5.74, 6) is 2.77. The number of hydrogen-bond acceptors (Lipinski definition) is 1. The highest BCUT2D eigenvalue weighted by Gasteiger charge is 2.32. The van der Waals surface area contributed by atoms with Crippen LogP contribution >= 0.6 is 0 Å². The highest BCUT2D eigenvalue weighted by Crippen LogP contribution is 2.41. The lowest BCUT2D eigenvalue weighted by Crippen LogP contribution is -2.39. The smallest absolute Gasteiger partial charge is 0.00176 e. The first-order chi connectivity index (χ1) is 7.93. The molecule has 0 radical (unpaired) electrons. The molecular weight excluding hydrogens is 194 g/mol. The Labute approximate surface area is 98.3 Å². The van der Waals surface area contributed by atoms with Crippen LogP contribution in [0.15, 0.2) is 30.3 Å². The number of piperidine rings is 1. The van der Waals surface area contributed by atoms with Gasteiger partial charge in [0, 0.05) is 0 Å². The van der Waals surface area contributed by atoms with Crippen molar-refractivity contribution in [3.05, 3.63) is 35.9 Å². The lowest BCUT2D eigenvalue weighted by atomic mass is 9.69. The van der Waals surface area contributed by atoms with E-state index in [1.54, 1.807) is 5.56 Å². The maximum Gasteiger partial charge on any atom is -0.00176 e. The van der Waals surface area contributed by atoms with Crippen molar-refractivity contribution >= 4 is 0 Å². The second kappa shape index (κ2) is 4.58. The molecule has 1 aromatic carbocycles. The monoisotopic (exact) mass is 215 g/mol. The van der Waals surface area contributed by atoms with Crippen molar-refractivity contribution in [2.45, 2.75) is 31.6 Å². The van der Waals surface area contributed by atoms with Crippen LogP contribution in [0.4, 0.5) is 0 Å². The van der Waals surface area contributed by atoms with E-state index in [9.17, 15) is 0 Å². The molecule has 1 heteroatoms. The maximum absolute atomic E-state index is 3.56. The molecule has 1 N–H and O–H groups in total. The third-order valence-electron chi connectivity index (χ3n) is 4.51. The summed E-state index contributed by atoms with van der Waals surface area (Å²) in [7, 11) is 0. The average Bonchev–Trinajstić information content (AvgIpc) is 2.39. The first-order valence-corrected chi connectivity index (χ1v) is 6.69. The van der Waals surface area contributed by atoms with Crippen molar-refractivity contribution in [1.29, 1.82) is 0 Å². The summed E-state index contributed by atoms with van der Waals surface area (Å²) in [6.07, 6.45) is 5.67. The Hall–Kier alpha value is -0.820. The lowest BCUT2D eigenvalue weighted by Gasteiger charge is -2.39. The van der Waals surface area contributed by atoms with Gasteiger partial charge in [-0.05, 0) is 62.1 Å². The summed E-state index contributed by atoms with van der Waals surface area (Å²) in [6.45, 7) is 2.51. The van der Waals surface area contributed by atoms with Crippen LogP contribution < -0.4 is 5.32 Å². The first kappa shape index (κ1) is 10.3. The fourth-order valence-electron chi connectivity index (χ4n) is 3.56. The summed E-state index contributed by atoms with van der Waals surface area (Å²) in [6, 6.07) is 11.1. The molecular formula is C15H21N. The Bertz CT molecular complexity index is 333. The van der Waals surface area contributed by atoms with Crippen molar-refractivity contribution in [3.63, 3.8) is 0 Å². The molecule has 1 aliphatic carbocycles. The van der Waals surface area contributed by atoms with Crippen molar-refractivity contribution in [2.24, 2.45) is 11.8 Å². The van der Waals surface area contributed by atoms with Gasteiger partial charge in [0.25, 0.3) is 0 Å². The van der Waals surface area contributed by atoms with Crippen molar-refractivity contribution in [1.82, 2.24) is 5.32 Å². The summed E-state index contributed by atoms with van der Waals surface area (Å²) in [5.41, 5.74) is 1.56. The van der Waals surface area contributed by atoms with Gasteiger partial charge < -0.3 is 5.32 Å². The average molecular weight is 215 g/mol. The van der Waals surface area contributed by atoms with Crippen molar-refractivity contribution < 1.29 is 0 Å².